The average Bonchev–Trinajstić information content (AvgIpc) is 3.30. The van der Waals surface area contributed by atoms with Crippen LogP contribution in [-0.2, 0) is 23.9 Å². The van der Waals surface area contributed by atoms with Crippen LogP contribution >= 0.6 is 0 Å². The molecule has 3 amide bonds. The molecule has 1 unspecified atom stereocenters. The van der Waals surface area contributed by atoms with Gasteiger partial charge in [-0.1, -0.05) is 61.6 Å². The van der Waals surface area contributed by atoms with Crippen molar-refractivity contribution in [1.29, 1.82) is 0 Å². The Bertz CT molecular complexity index is 1230. The number of amides is 3. The van der Waals surface area contributed by atoms with Gasteiger partial charge in [0.25, 0.3) is 0 Å². The highest BCUT2D eigenvalue weighted by molar-refractivity contribution is 6.00. The molecule has 1 aromatic rings. The Kier molecular flexibility index (Phi) is 7.52. The molecule has 5 aliphatic rings. The Morgan fingerprint density at radius 1 is 0.951 bits per heavy atom. The Labute approximate surface area is 241 Å². The van der Waals surface area contributed by atoms with Crippen molar-refractivity contribution in [2.75, 3.05) is 66.1 Å². The first-order valence-corrected chi connectivity index (χ1v) is 14.7. The lowest BCUT2D eigenvalue weighted by Crippen LogP contribution is -2.57. The highest BCUT2D eigenvalue weighted by Crippen LogP contribution is 2.59. The van der Waals surface area contributed by atoms with E-state index in [1.165, 1.54) is 4.90 Å². The van der Waals surface area contributed by atoms with Crippen molar-refractivity contribution >= 4 is 17.7 Å². The van der Waals surface area contributed by atoms with Gasteiger partial charge in [-0.15, -0.1) is 0 Å². The van der Waals surface area contributed by atoms with E-state index < -0.39 is 35.1 Å². The third-order valence-corrected chi connectivity index (χ3v) is 9.65. The summed E-state index contributed by atoms with van der Waals surface area (Å²) in [5.74, 6) is -2.41. The second kappa shape index (κ2) is 11.0. The van der Waals surface area contributed by atoms with Crippen LogP contribution in [0.3, 0.4) is 0 Å². The number of carbonyl (C=O) groups is 3. The largest absolute Gasteiger partial charge is 0.394 e. The van der Waals surface area contributed by atoms with E-state index in [9.17, 15) is 19.5 Å². The maximum absolute atomic E-state index is 14.7. The number of nitrogens with zero attached hydrogens (tertiary/aromatic N) is 4. The van der Waals surface area contributed by atoms with E-state index in [0.29, 0.717) is 45.8 Å². The zero-order valence-corrected chi connectivity index (χ0v) is 23.9. The maximum Gasteiger partial charge on any atom is 0.249 e. The summed E-state index contributed by atoms with van der Waals surface area (Å²) in [6.45, 7) is 6.54. The lowest BCUT2D eigenvalue weighted by molar-refractivity contribution is -0.157. The van der Waals surface area contributed by atoms with Gasteiger partial charge in [0.15, 0.2) is 0 Å². The second-order valence-electron chi connectivity index (χ2n) is 11.7. The summed E-state index contributed by atoms with van der Waals surface area (Å²) in [6.07, 6.45) is 8.13. The fraction of sp³-hybridized carbons (Fsp3) is 0.581. The predicted octanol–water partition coefficient (Wildman–Crippen LogP) is 0.840. The number of carbonyl (C=O) groups excluding carboxylic acids is 3. The van der Waals surface area contributed by atoms with Crippen molar-refractivity contribution in [3.8, 4) is 0 Å². The fourth-order valence-corrected chi connectivity index (χ4v) is 7.52. The number of aliphatic hydroxyl groups excluding tert-OH is 1. The van der Waals surface area contributed by atoms with Crippen LogP contribution < -0.4 is 0 Å². The number of fused-ring (bicyclic) bond motifs is 2. The van der Waals surface area contributed by atoms with Crippen LogP contribution in [0.15, 0.2) is 54.6 Å². The average molecular weight is 565 g/mol. The van der Waals surface area contributed by atoms with E-state index in [1.807, 2.05) is 61.6 Å². The molecule has 41 heavy (non-hydrogen) atoms. The molecule has 0 saturated carbocycles. The Morgan fingerprint density at radius 2 is 1.68 bits per heavy atom. The molecule has 6 atom stereocenters. The van der Waals surface area contributed by atoms with E-state index in [1.54, 1.807) is 16.8 Å². The third kappa shape index (κ3) is 4.43. The van der Waals surface area contributed by atoms with Crippen molar-refractivity contribution in [2.24, 2.45) is 11.8 Å². The van der Waals surface area contributed by atoms with Crippen LogP contribution in [0, 0.1) is 11.8 Å². The number of rotatable bonds is 7. The number of hydrogen-bond donors (Lipinski definition) is 1. The first-order valence-electron chi connectivity index (χ1n) is 14.7. The number of ether oxygens (including phenoxy) is 2. The van der Waals surface area contributed by atoms with Gasteiger partial charge >= 0.3 is 0 Å². The van der Waals surface area contributed by atoms with Crippen molar-refractivity contribution in [2.45, 2.75) is 36.6 Å². The molecule has 5 heterocycles. The minimum atomic E-state index is -1.34. The van der Waals surface area contributed by atoms with Crippen LogP contribution in [0.1, 0.15) is 24.9 Å². The third-order valence-electron chi connectivity index (χ3n) is 9.65. The molecule has 0 radical (unpaired) electrons. The minimum absolute atomic E-state index is 0.165. The molecule has 3 fully saturated rings. The summed E-state index contributed by atoms with van der Waals surface area (Å²) >= 11 is 0. The second-order valence-corrected chi connectivity index (χ2v) is 11.7. The molecule has 10 heteroatoms. The van der Waals surface area contributed by atoms with Crippen molar-refractivity contribution < 1.29 is 29.0 Å². The quantitative estimate of drug-likeness (QED) is 0.490. The first kappa shape index (κ1) is 28.1. The number of likely N-dealkylation sites (N-methyl/N-ethyl adjacent to an activating group) is 1. The number of hydrogen-bond acceptors (Lipinski definition) is 7. The topological polar surface area (TPSA) is 103 Å². The van der Waals surface area contributed by atoms with Crippen molar-refractivity contribution in [1.82, 2.24) is 19.6 Å². The predicted molar refractivity (Wildman–Crippen MR) is 150 cm³/mol. The molecule has 10 nitrogen and oxygen atoms in total. The van der Waals surface area contributed by atoms with Gasteiger partial charge in [-0.2, -0.15) is 0 Å². The normalized spacial score (nSPS) is 34.4. The Morgan fingerprint density at radius 3 is 2.39 bits per heavy atom. The zero-order valence-electron chi connectivity index (χ0n) is 23.9. The van der Waals surface area contributed by atoms with Crippen LogP contribution in [-0.4, -0.2) is 126 Å². The number of aliphatic hydroxyl groups is 1. The highest BCUT2D eigenvalue weighted by Gasteiger charge is 2.75. The Hall–Kier alpha value is -3.05. The molecule has 1 aromatic carbocycles. The molecule has 6 rings (SSSR count). The number of likely N-dealkylation sites (tertiary alicyclic amines) is 1. The zero-order chi connectivity index (χ0) is 28.8. The monoisotopic (exact) mass is 564 g/mol. The van der Waals surface area contributed by atoms with E-state index in [4.69, 9.17) is 9.47 Å². The van der Waals surface area contributed by atoms with Gasteiger partial charge in [-0.3, -0.25) is 19.3 Å². The maximum atomic E-state index is 14.7. The SMILES string of the molecule is CC[C@]12C=CCN(C)C(=O)[C@H]1[C@H]1C(=O)N([C@H](CO)c3ccccc3)C3C(=O)N(CCN4CCOCC4)CC=C[C@@]31O2. The van der Waals surface area contributed by atoms with Crippen LogP contribution in [0.2, 0.25) is 0 Å². The summed E-state index contributed by atoms with van der Waals surface area (Å²) < 4.78 is 12.5. The van der Waals surface area contributed by atoms with Gasteiger partial charge in [0.2, 0.25) is 17.7 Å². The summed E-state index contributed by atoms with van der Waals surface area (Å²) in [4.78, 5) is 50.5. The molecule has 0 aromatic heterocycles. The lowest BCUT2D eigenvalue weighted by atomic mass is 9.73. The van der Waals surface area contributed by atoms with Gasteiger partial charge in [0.05, 0.1) is 43.3 Å². The molecule has 1 spiro atoms. The highest BCUT2D eigenvalue weighted by atomic mass is 16.5. The fourth-order valence-electron chi connectivity index (χ4n) is 7.52. The van der Waals surface area contributed by atoms with Crippen LogP contribution in [0.25, 0.3) is 0 Å². The summed E-state index contributed by atoms with van der Waals surface area (Å²) in [6, 6.07) is 7.50. The van der Waals surface area contributed by atoms with Gasteiger partial charge in [-0.25, -0.2) is 0 Å². The smallest absolute Gasteiger partial charge is 0.249 e. The molecule has 3 saturated heterocycles. The molecule has 220 valence electrons. The van der Waals surface area contributed by atoms with Gasteiger partial charge in [0, 0.05) is 46.3 Å². The molecule has 0 aliphatic carbocycles. The van der Waals surface area contributed by atoms with E-state index in [0.717, 1.165) is 18.7 Å². The van der Waals surface area contributed by atoms with Gasteiger partial charge in [0.1, 0.15) is 11.6 Å². The Balaban J connectivity index is 1.44. The van der Waals surface area contributed by atoms with Crippen molar-refractivity contribution in [3.05, 3.63) is 60.2 Å². The lowest BCUT2D eigenvalue weighted by Gasteiger charge is -2.41. The number of benzene rings is 1. The van der Waals surface area contributed by atoms with E-state index >= 15 is 0 Å². The number of morpholine rings is 1. The summed E-state index contributed by atoms with van der Waals surface area (Å²) in [7, 11) is 1.74. The molecule has 1 N–H and O–H groups in total. The molecule has 5 aliphatic heterocycles. The molecule has 0 bridgehead atoms. The van der Waals surface area contributed by atoms with E-state index in [2.05, 4.69) is 4.90 Å². The van der Waals surface area contributed by atoms with Crippen LogP contribution in [0.5, 0.6) is 0 Å². The van der Waals surface area contributed by atoms with Crippen molar-refractivity contribution in [3.63, 3.8) is 0 Å². The molecular weight excluding hydrogens is 524 g/mol. The summed E-state index contributed by atoms with van der Waals surface area (Å²) in [5.41, 5.74) is -1.63. The van der Waals surface area contributed by atoms with Gasteiger partial charge < -0.3 is 29.3 Å². The van der Waals surface area contributed by atoms with E-state index in [-0.39, 0.29) is 24.3 Å². The van der Waals surface area contributed by atoms with Gasteiger partial charge in [-0.05, 0) is 12.0 Å². The van der Waals surface area contributed by atoms with Crippen LogP contribution in [0.4, 0.5) is 0 Å². The molecular formula is C31H40N4O6. The standard InChI is InChI=1S/C31H40N4O6/c1-3-30-11-7-13-32(2)27(37)24(30)25-28(38)35(23(21-36)22-9-5-4-6-10-22)26-29(39)34(14-8-12-31(25,26)41-30)16-15-33-17-19-40-20-18-33/h4-12,23-26,36H,3,13-21H2,1-2H3/t23-,24-,25+,26?,30+,31+/m1/s1. The summed E-state index contributed by atoms with van der Waals surface area (Å²) in [5, 5.41) is 10.7. The first-order chi connectivity index (χ1) is 19.9. The minimum Gasteiger partial charge on any atom is -0.394 e.